The number of fused-ring (bicyclic) bond motifs is 1. The Hall–Kier alpha value is -2.64. The van der Waals surface area contributed by atoms with Crippen LogP contribution >= 0.6 is 0 Å². The molecule has 8 nitrogen and oxygen atoms in total. The van der Waals surface area contributed by atoms with Gasteiger partial charge in [-0.25, -0.2) is 9.78 Å². The minimum Gasteiger partial charge on any atom is -0.481 e. The second kappa shape index (κ2) is 6.64. The number of methoxy groups -OCH3 is 1. The molecule has 0 fully saturated rings. The van der Waals surface area contributed by atoms with Crippen molar-refractivity contribution in [2.24, 2.45) is 0 Å². The molecule has 0 atom stereocenters. The molecule has 122 valence electrons. The number of aryl methyl sites for hydroxylation is 1. The van der Waals surface area contributed by atoms with Gasteiger partial charge < -0.3 is 19.5 Å². The number of pyridine rings is 1. The van der Waals surface area contributed by atoms with Crippen molar-refractivity contribution >= 4 is 6.03 Å². The normalized spacial score (nSPS) is 12.8. The molecule has 2 amide bonds. The number of hydrogen-bond donors (Lipinski definition) is 1. The van der Waals surface area contributed by atoms with Crippen molar-refractivity contribution in [2.75, 3.05) is 14.2 Å². The fourth-order valence-electron chi connectivity index (χ4n) is 2.66. The molecule has 2 aromatic rings. The molecule has 0 aliphatic carbocycles. The first-order valence-electron chi connectivity index (χ1n) is 7.57. The number of carbonyl (C=O) groups excluding carboxylic acids is 1. The minimum atomic E-state index is -0.175. The first-order valence-corrected chi connectivity index (χ1v) is 7.57. The van der Waals surface area contributed by atoms with Gasteiger partial charge in [-0.1, -0.05) is 6.07 Å². The quantitative estimate of drug-likeness (QED) is 0.888. The first-order chi connectivity index (χ1) is 11.2. The van der Waals surface area contributed by atoms with Gasteiger partial charge in [0.2, 0.25) is 5.88 Å². The zero-order valence-electron chi connectivity index (χ0n) is 13.3. The third-order valence-corrected chi connectivity index (χ3v) is 3.88. The summed E-state index contributed by atoms with van der Waals surface area (Å²) >= 11 is 0. The smallest absolute Gasteiger partial charge is 0.317 e. The monoisotopic (exact) mass is 316 g/mol. The van der Waals surface area contributed by atoms with E-state index in [1.165, 1.54) is 0 Å². The van der Waals surface area contributed by atoms with Crippen LogP contribution < -0.4 is 10.1 Å². The van der Waals surface area contributed by atoms with Crippen LogP contribution in [0.1, 0.15) is 23.6 Å². The van der Waals surface area contributed by atoms with Crippen molar-refractivity contribution in [3.63, 3.8) is 0 Å². The highest BCUT2D eigenvalue weighted by atomic mass is 16.5. The number of amides is 2. The lowest BCUT2D eigenvalue weighted by Gasteiger charge is -2.18. The van der Waals surface area contributed by atoms with Gasteiger partial charge >= 0.3 is 6.03 Å². The van der Waals surface area contributed by atoms with Gasteiger partial charge in [-0.2, -0.15) is 0 Å². The van der Waals surface area contributed by atoms with E-state index in [1.54, 1.807) is 25.3 Å². The molecule has 3 heterocycles. The standard InChI is InChI=1S/C15H20N6O2/c1-20(10-13-19-18-12-6-4-8-21(12)13)15(22)17-9-11-5-3-7-16-14(11)23-2/h3,5,7H,4,6,8-10H2,1-2H3,(H,17,22). The van der Waals surface area contributed by atoms with E-state index in [0.717, 1.165) is 36.6 Å². The maximum Gasteiger partial charge on any atom is 0.317 e. The fraction of sp³-hybridized carbons (Fsp3) is 0.467. The maximum atomic E-state index is 12.2. The lowest BCUT2D eigenvalue weighted by Crippen LogP contribution is -2.37. The molecule has 0 bridgehead atoms. The highest BCUT2D eigenvalue weighted by Gasteiger charge is 2.19. The summed E-state index contributed by atoms with van der Waals surface area (Å²) in [4.78, 5) is 17.9. The lowest BCUT2D eigenvalue weighted by atomic mass is 10.2. The number of carbonyl (C=O) groups is 1. The van der Waals surface area contributed by atoms with E-state index in [2.05, 4.69) is 25.1 Å². The van der Waals surface area contributed by atoms with Gasteiger partial charge in [0.25, 0.3) is 0 Å². The minimum absolute atomic E-state index is 0.175. The maximum absolute atomic E-state index is 12.2. The summed E-state index contributed by atoms with van der Waals surface area (Å²) in [5, 5.41) is 11.2. The Kier molecular flexibility index (Phi) is 4.40. The molecular weight excluding hydrogens is 296 g/mol. The van der Waals surface area contributed by atoms with E-state index in [4.69, 9.17) is 4.74 Å². The average Bonchev–Trinajstić information content (AvgIpc) is 3.17. The predicted octanol–water partition coefficient (Wildman–Crippen LogP) is 0.969. The SMILES string of the molecule is COc1ncccc1CNC(=O)N(C)Cc1nnc2n1CCC2. The summed E-state index contributed by atoms with van der Waals surface area (Å²) in [6.07, 6.45) is 3.71. The van der Waals surface area contributed by atoms with Crippen LogP contribution in [-0.2, 0) is 26.1 Å². The highest BCUT2D eigenvalue weighted by molar-refractivity contribution is 5.73. The molecule has 0 radical (unpaired) electrons. The van der Waals surface area contributed by atoms with Crippen molar-refractivity contribution in [3.8, 4) is 5.88 Å². The zero-order chi connectivity index (χ0) is 16.2. The van der Waals surface area contributed by atoms with E-state index in [0.29, 0.717) is 19.0 Å². The van der Waals surface area contributed by atoms with Gasteiger partial charge in [0.1, 0.15) is 5.82 Å². The molecule has 0 aromatic carbocycles. The molecular formula is C15H20N6O2. The van der Waals surface area contributed by atoms with Crippen molar-refractivity contribution in [2.45, 2.75) is 32.5 Å². The van der Waals surface area contributed by atoms with Crippen LogP contribution in [0, 0.1) is 0 Å². The van der Waals surface area contributed by atoms with Gasteiger partial charge in [0, 0.05) is 38.3 Å². The lowest BCUT2D eigenvalue weighted by molar-refractivity contribution is 0.204. The van der Waals surface area contributed by atoms with Crippen LogP contribution in [0.25, 0.3) is 0 Å². The van der Waals surface area contributed by atoms with E-state index >= 15 is 0 Å². The van der Waals surface area contributed by atoms with Gasteiger partial charge in [0.15, 0.2) is 5.82 Å². The summed E-state index contributed by atoms with van der Waals surface area (Å²) in [7, 11) is 3.30. The third-order valence-electron chi connectivity index (χ3n) is 3.88. The van der Waals surface area contributed by atoms with E-state index in [1.807, 2.05) is 12.1 Å². The molecule has 23 heavy (non-hydrogen) atoms. The van der Waals surface area contributed by atoms with Crippen LogP contribution in [0.5, 0.6) is 5.88 Å². The summed E-state index contributed by atoms with van der Waals surface area (Å²) in [5.74, 6) is 2.36. The second-order valence-electron chi connectivity index (χ2n) is 5.47. The highest BCUT2D eigenvalue weighted by Crippen LogP contribution is 2.15. The summed E-state index contributed by atoms with van der Waals surface area (Å²) < 4.78 is 7.27. The molecule has 8 heteroatoms. The number of aromatic nitrogens is 4. The van der Waals surface area contributed by atoms with Crippen molar-refractivity contribution in [1.82, 2.24) is 30.0 Å². The number of nitrogens with zero attached hydrogens (tertiary/aromatic N) is 5. The van der Waals surface area contributed by atoms with Gasteiger partial charge in [0.05, 0.1) is 13.7 Å². The van der Waals surface area contributed by atoms with Crippen molar-refractivity contribution < 1.29 is 9.53 Å². The molecule has 0 saturated carbocycles. The predicted molar refractivity (Wildman–Crippen MR) is 82.8 cm³/mol. The molecule has 3 rings (SSSR count). The Morgan fingerprint density at radius 2 is 2.35 bits per heavy atom. The Balaban J connectivity index is 1.57. The number of hydrogen-bond acceptors (Lipinski definition) is 5. The van der Waals surface area contributed by atoms with E-state index < -0.39 is 0 Å². The number of nitrogens with one attached hydrogen (secondary N) is 1. The number of urea groups is 1. The molecule has 1 aliphatic heterocycles. The summed E-state index contributed by atoms with van der Waals surface area (Å²) in [5.41, 5.74) is 0.833. The Bertz CT molecular complexity index is 699. The first kappa shape index (κ1) is 15.3. The molecule has 1 aliphatic rings. The Labute approximate surface area is 134 Å². The molecule has 1 N–H and O–H groups in total. The second-order valence-corrected chi connectivity index (χ2v) is 5.47. The van der Waals surface area contributed by atoms with Crippen LogP contribution in [-0.4, -0.2) is 44.8 Å². The molecule has 0 spiro atoms. The van der Waals surface area contributed by atoms with Crippen LogP contribution in [0.15, 0.2) is 18.3 Å². The fourth-order valence-corrected chi connectivity index (χ4v) is 2.66. The van der Waals surface area contributed by atoms with Crippen molar-refractivity contribution in [1.29, 1.82) is 0 Å². The van der Waals surface area contributed by atoms with Crippen LogP contribution in [0.4, 0.5) is 4.79 Å². The van der Waals surface area contributed by atoms with Crippen LogP contribution in [0.3, 0.4) is 0 Å². The molecule has 0 saturated heterocycles. The topological polar surface area (TPSA) is 85.2 Å². The van der Waals surface area contributed by atoms with E-state index in [9.17, 15) is 4.79 Å². The van der Waals surface area contributed by atoms with Gasteiger partial charge in [-0.3, -0.25) is 0 Å². The Morgan fingerprint density at radius 1 is 1.48 bits per heavy atom. The zero-order valence-corrected chi connectivity index (χ0v) is 13.3. The Morgan fingerprint density at radius 3 is 3.17 bits per heavy atom. The van der Waals surface area contributed by atoms with Crippen LogP contribution in [0.2, 0.25) is 0 Å². The average molecular weight is 316 g/mol. The van der Waals surface area contributed by atoms with E-state index in [-0.39, 0.29) is 6.03 Å². The third kappa shape index (κ3) is 3.25. The molecule has 0 unspecified atom stereocenters. The van der Waals surface area contributed by atoms with Crippen molar-refractivity contribution in [3.05, 3.63) is 35.5 Å². The largest absolute Gasteiger partial charge is 0.481 e. The van der Waals surface area contributed by atoms with Gasteiger partial charge in [-0.15, -0.1) is 10.2 Å². The van der Waals surface area contributed by atoms with Gasteiger partial charge in [-0.05, 0) is 12.5 Å². The number of ether oxygens (including phenoxy) is 1. The molecule has 2 aromatic heterocycles. The summed E-state index contributed by atoms with van der Waals surface area (Å²) in [6, 6.07) is 3.51. The summed E-state index contributed by atoms with van der Waals surface area (Å²) in [6.45, 7) is 1.72. The number of rotatable bonds is 5.